The summed E-state index contributed by atoms with van der Waals surface area (Å²) in [5.41, 5.74) is 0. The Labute approximate surface area is 119 Å². The van der Waals surface area contributed by atoms with E-state index < -0.39 is 0 Å². The van der Waals surface area contributed by atoms with E-state index in [4.69, 9.17) is 9.47 Å². The zero-order valence-corrected chi connectivity index (χ0v) is 11.7. The van der Waals surface area contributed by atoms with Gasteiger partial charge in [-0.1, -0.05) is 18.2 Å². The highest BCUT2D eigenvalue weighted by Gasteiger charge is 2.32. The zero-order chi connectivity index (χ0) is 13.8. The number of benzene rings is 1. The van der Waals surface area contributed by atoms with Crippen molar-refractivity contribution in [1.29, 1.82) is 0 Å². The molecular formula is C16H21NO3. The van der Waals surface area contributed by atoms with Gasteiger partial charge in [-0.15, -0.1) is 0 Å². The maximum atomic E-state index is 12.4. The molecule has 1 aromatic rings. The first-order valence-corrected chi connectivity index (χ1v) is 7.41. The normalized spacial score (nSPS) is 23.8. The van der Waals surface area contributed by atoms with Crippen LogP contribution in [0.4, 0.5) is 0 Å². The van der Waals surface area contributed by atoms with Gasteiger partial charge in [0.15, 0.2) is 0 Å². The largest absolute Gasteiger partial charge is 0.489 e. The summed E-state index contributed by atoms with van der Waals surface area (Å²) in [7, 11) is 0. The number of ether oxygens (including phenoxy) is 2. The molecule has 2 saturated heterocycles. The van der Waals surface area contributed by atoms with Crippen molar-refractivity contribution in [3.05, 3.63) is 30.3 Å². The molecule has 2 aliphatic rings. The monoisotopic (exact) mass is 275 g/mol. The lowest BCUT2D eigenvalue weighted by atomic mass is 9.99. The molecule has 0 N–H and O–H groups in total. The molecule has 1 amide bonds. The summed E-state index contributed by atoms with van der Waals surface area (Å²) in [6, 6.07) is 9.83. The standard InChI is InChI=1S/C16H21NO3/c18-16(13-7-10-19-11-8-13)17-9-6-15(12-17)20-14-4-2-1-3-5-14/h1-5,13,15H,6-12H2. The van der Waals surface area contributed by atoms with Gasteiger partial charge in [0.05, 0.1) is 6.54 Å². The van der Waals surface area contributed by atoms with Gasteiger partial charge >= 0.3 is 0 Å². The Morgan fingerprint density at radius 2 is 1.90 bits per heavy atom. The minimum Gasteiger partial charge on any atom is -0.489 e. The van der Waals surface area contributed by atoms with E-state index in [0.717, 1.165) is 31.6 Å². The van der Waals surface area contributed by atoms with E-state index in [9.17, 15) is 4.79 Å². The van der Waals surface area contributed by atoms with Crippen LogP contribution in [-0.4, -0.2) is 43.2 Å². The molecule has 20 heavy (non-hydrogen) atoms. The van der Waals surface area contributed by atoms with Crippen molar-refractivity contribution in [2.45, 2.75) is 25.4 Å². The minimum absolute atomic E-state index is 0.126. The molecule has 108 valence electrons. The van der Waals surface area contributed by atoms with Gasteiger partial charge in [0.2, 0.25) is 5.91 Å². The van der Waals surface area contributed by atoms with Crippen molar-refractivity contribution in [3.8, 4) is 5.75 Å². The van der Waals surface area contributed by atoms with Crippen molar-refractivity contribution in [2.24, 2.45) is 5.92 Å². The topological polar surface area (TPSA) is 38.8 Å². The fraction of sp³-hybridized carbons (Fsp3) is 0.562. The van der Waals surface area contributed by atoms with Gasteiger partial charge in [-0.3, -0.25) is 4.79 Å². The highest BCUT2D eigenvalue weighted by molar-refractivity contribution is 5.79. The summed E-state index contributed by atoms with van der Waals surface area (Å²) in [6.45, 7) is 2.96. The second-order valence-electron chi connectivity index (χ2n) is 5.51. The number of nitrogens with zero attached hydrogens (tertiary/aromatic N) is 1. The quantitative estimate of drug-likeness (QED) is 0.848. The van der Waals surface area contributed by atoms with Crippen LogP contribution < -0.4 is 4.74 Å². The highest BCUT2D eigenvalue weighted by atomic mass is 16.5. The van der Waals surface area contributed by atoms with Crippen LogP contribution in [0.15, 0.2) is 30.3 Å². The van der Waals surface area contributed by atoms with E-state index in [-0.39, 0.29) is 17.9 Å². The zero-order valence-electron chi connectivity index (χ0n) is 11.7. The molecule has 0 aliphatic carbocycles. The molecular weight excluding hydrogens is 254 g/mol. The first kappa shape index (κ1) is 13.4. The number of hydrogen-bond donors (Lipinski definition) is 0. The average molecular weight is 275 g/mol. The fourth-order valence-corrected chi connectivity index (χ4v) is 2.92. The van der Waals surface area contributed by atoms with Crippen molar-refractivity contribution >= 4 is 5.91 Å². The predicted octanol–water partition coefficient (Wildman–Crippen LogP) is 2.09. The van der Waals surface area contributed by atoms with Gasteiger partial charge in [0.25, 0.3) is 0 Å². The van der Waals surface area contributed by atoms with E-state index in [1.807, 2.05) is 35.2 Å². The summed E-state index contributed by atoms with van der Waals surface area (Å²) >= 11 is 0. The van der Waals surface area contributed by atoms with Crippen molar-refractivity contribution in [2.75, 3.05) is 26.3 Å². The number of amides is 1. The molecule has 0 radical (unpaired) electrons. The van der Waals surface area contributed by atoms with Gasteiger partial charge in [0.1, 0.15) is 11.9 Å². The second kappa shape index (κ2) is 6.27. The lowest BCUT2D eigenvalue weighted by Gasteiger charge is -2.26. The average Bonchev–Trinajstić information content (AvgIpc) is 2.97. The van der Waals surface area contributed by atoms with E-state index in [1.54, 1.807) is 0 Å². The summed E-state index contributed by atoms with van der Waals surface area (Å²) in [5, 5.41) is 0. The van der Waals surface area contributed by atoms with Crippen molar-refractivity contribution in [1.82, 2.24) is 4.90 Å². The molecule has 1 unspecified atom stereocenters. The van der Waals surface area contributed by atoms with E-state index in [2.05, 4.69) is 0 Å². The number of carbonyl (C=O) groups is 1. The lowest BCUT2D eigenvalue weighted by molar-refractivity contribution is -0.137. The van der Waals surface area contributed by atoms with Crippen LogP contribution in [0.1, 0.15) is 19.3 Å². The summed E-state index contributed by atoms with van der Waals surface area (Å²) in [4.78, 5) is 14.4. The van der Waals surface area contributed by atoms with Gasteiger partial charge in [-0.2, -0.15) is 0 Å². The fourth-order valence-electron chi connectivity index (χ4n) is 2.92. The first-order valence-electron chi connectivity index (χ1n) is 7.41. The number of likely N-dealkylation sites (tertiary alicyclic amines) is 1. The molecule has 2 heterocycles. The minimum atomic E-state index is 0.126. The molecule has 4 heteroatoms. The van der Waals surface area contributed by atoms with Gasteiger partial charge in [0, 0.05) is 32.1 Å². The highest BCUT2D eigenvalue weighted by Crippen LogP contribution is 2.23. The molecule has 0 aromatic heterocycles. The number of para-hydroxylation sites is 1. The Bertz CT molecular complexity index is 442. The summed E-state index contributed by atoms with van der Waals surface area (Å²) in [6.07, 6.45) is 2.77. The van der Waals surface area contributed by atoms with Crippen LogP contribution in [0.3, 0.4) is 0 Å². The van der Waals surface area contributed by atoms with Crippen LogP contribution in [0, 0.1) is 5.92 Å². The maximum absolute atomic E-state index is 12.4. The van der Waals surface area contributed by atoms with Crippen LogP contribution in [0.25, 0.3) is 0 Å². The Kier molecular flexibility index (Phi) is 4.21. The van der Waals surface area contributed by atoms with Crippen LogP contribution in [0.5, 0.6) is 5.75 Å². The number of hydrogen-bond acceptors (Lipinski definition) is 3. The molecule has 0 saturated carbocycles. The third-order valence-corrected chi connectivity index (χ3v) is 4.07. The summed E-state index contributed by atoms with van der Waals surface area (Å²) in [5.74, 6) is 1.32. The maximum Gasteiger partial charge on any atom is 0.225 e. The Hall–Kier alpha value is -1.55. The molecule has 2 aliphatic heterocycles. The first-order chi connectivity index (χ1) is 9.83. The Balaban J connectivity index is 1.52. The third kappa shape index (κ3) is 3.12. The van der Waals surface area contributed by atoms with Crippen LogP contribution >= 0.6 is 0 Å². The van der Waals surface area contributed by atoms with Gasteiger partial charge < -0.3 is 14.4 Å². The third-order valence-electron chi connectivity index (χ3n) is 4.07. The molecule has 3 rings (SSSR count). The number of rotatable bonds is 3. The lowest BCUT2D eigenvalue weighted by Crippen LogP contribution is -2.38. The molecule has 0 spiro atoms. The molecule has 1 atom stereocenters. The Morgan fingerprint density at radius 3 is 2.65 bits per heavy atom. The SMILES string of the molecule is O=C(C1CCOCC1)N1CCC(Oc2ccccc2)C1. The molecule has 4 nitrogen and oxygen atoms in total. The van der Waals surface area contributed by atoms with Gasteiger partial charge in [-0.05, 0) is 25.0 Å². The smallest absolute Gasteiger partial charge is 0.225 e. The molecule has 1 aromatic carbocycles. The van der Waals surface area contributed by atoms with Crippen LogP contribution in [0.2, 0.25) is 0 Å². The number of carbonyl (C=O) groups excluding carboxylic acids is 1. The molecule has 0 bridgehead atoms. The van der Waals surface area contributed by atoms with E-state index >= 15 is 0 Å². The van der Waals surface area contributed by atoms with Crippen LogP contribution in [-0.2, 0) is 9.53 Å². The second-order valence-corrected chi connectivity index (χ2v) is 5.51. The van der Waals surface area contributed by atoms with E-state index in [0.29, 0.717) is 19.8 Å². The molecule has 2 fully saturated rings. The predicted molar refractivity (Wildman–Crippen MR) is 75.6 cm³/mol. The van der Waals surface area contributed by atoms with E-state index in [1.165, 1.54) is 0 Å². The van der Waals surface area contributed by atoms with Crippen molar-refractivity contribution < 1.29 is 14.3 Å². The summed E-state index contributed by atoms with van der Waals surface area (Å²) < 4.78 is 11.2. The Morgan fingerprint density at radius 1 is 1.15 bits per heavy atom. The van der Waals surface area contributed by atoms with Gasteiger partial charge in [-0.25, -0.2) is 0 Å². The van der Waals surface area contributed by atoms with Crippen molar-refractivity contribution in [3.63, 3.8) is 0 Å².